The molecule has 4 atom stereocenters. The maximum absolute atomic E-state index is 8.96. The van der Waals surface area contributed by atoms with E-state index in [-0.39, 0.29) is 340 Å². The van der Waals surface area contributed by atoms with Crippen molar-refractivity contribution in [2.75, 3.05) is 13.2 Å². The van der Waals surface area contributed by atoms with Crippen molar-refractivity contribution < 1.29 is 370 Å². The minimum absolute atomic E-state index is 0. The van der Waals surface area contributed by atoms with E-state index >= 15 is 0 Å². The van der Waals surface area contributed by atoms with Crippen LogP contribution in [0.2, 0.25) is 0 Å². The van der Waals surface area contributed by atoms with Gasteiger partial charge >= 0.3 is 0 Å². The summed E-state index contributed by atoms with van der Waals surface area (Å²) in [6.45, 7) is -1.45. The zero-order valence-corrected chi connectivity index (χ0v) is 16.0. The van der Waals surface area contributed by atoms with E-state index in [9.17, 15) is 0 Å². The molecule has 0 heterocycles. The van der Waals surface area contributed by atoms with Crippen LogP contribution in [0.3, 0.4) is 0 Å². The quantitative estimate of drug-likeness (QED) is 0.214. The molecule has 0 radical (unpaired) electrons. The van der Waals surface area contributed by atoms with E-state index in [1.165, 1.54) is 0 Å². The maximum Gasteiger partial charge on any atom is 0.111 e. The molecular formula is C6H14Ar9O6. The van der Waals surface area contributed by atoms with Crippen molar-refractivity contribution in [1.29, 1.82) is 0 Å². The predicted molar refractivity (Wildman–Crippen MR) is 38.2 cm³/mol. The van der Waals surface area contributed by atoms with Crippen molar-refractivity contribution in [3.05, 3.63) is 0 Å². The van der Waals surface area contributed by atoms with E-state index in [1.807, 2.05) is 0 Å². The van der Waals surface area contributed by atoms with Crippen LogP contribution in [0.25, 0.3) is 0 Å². The molecule has 21 heavy (non-hydrogen) atoms. The summed E-state index contributed by atoms with van der Waals surface area (Å²) < 4.78 is 0. The summed E-state index contributed by atoms with van der Waals surface area (Å²) in [5.74, 6) is 0. The van der Waals surface area contributed by atoms with Crippen molar-refractivity contribution in [2.45, 2.75) is 24.4 Å². The Labute approximate surface area is 394 Å². The van der Waals surface area contributed by atoms with Crippen LogP contribution in [0, 0.1) is 340 Å². The molecule has 0 saturated carbocycles. The third kappa shape index (κ3) is 35.9. The summed E-state index contributed by atoms with van der Waals surface area (Å²) >= 11 is 0. The molecule has 6 nitrogen and oxygen atoms in total. The first-order chi connectivity index (χ1) is 5.54. The fraction of sp³-hybridized carbons (Fsp3) is 1.00. The van der Waals surface area contributed by atoms with Crippen molar-refractivity contribution in [2.24, 2.45) is 0 Å². The summed E-state index contributed by atoms with van der Waals surface area (Å²) in [5.41, 5.74) is 0. The largest absolute Gasteiger partial charge is 0.394 e. The van der Waals surface area contributed by atoms with Gasteiger partial charge in [0.25, 0.3) is 0 Å². The molecule has 0 aliphatic carbocycles. The van der Waals surface area contributed by atoms with Crippen LogP contribution in [-0.2, 0) is 0 Å². The summed E-state index contributed by atoms with van der Waals surface area (Å²) in [6.07, 6.45) is -6.39. The Bertz CT molecular complexity index is 125. The normalized spacial score (nSPS) is 12.3. The van der Waals surface area contributed by atoms with Gasteiger partial charge in [-0.25, -0.2) is 0 Å². The first-order valence-corrected chi connectivity index (χ1v) is 3.48. The van der Waals surface area contributed by atoms with Gasteiger partial charge in [0.1, 0.15) is 24.4 Å². The molecule has 15 heteroatoms. The number of rotatable bonds is 5. The molecule has 146 valence electrons. The number of aliphatic hydroxyl groups is 6. The summed E-state index contributed by atoms with van der Waals surface area (Å²) in [7, 11) is 0. The van der Waals surface area contributed by atoms with Crippen LogP contribution >= 0.6 is 0 Å². The fourth-order valence-corrected chi connectivity index (χ4v) is 0.671. The van der Waals surface area contributed by atoms with Crippen LogP contribution in [-0.4, -0.2) is 68.3 Å². The zero-order chi connectivity index (χ0) is 9.72. The molecule has 0 rings (SSSR count). The van der Waals surface area contributed by atoms with Gasteiger partial charge in [-0.1, -0.05) is 0 Å². The molecular weight excluding hydrogens is 528 g/mol. The van der Waals surface area contributed by atoms with E-state index in [0.717, 1.165) is 0 Å². The van der Waals surface area contributed by atoms with Crippen LogP contribution in [0.1, 0.15) is 0 Å². The predicted octanol–water partition coefficient (Wildman–Crippen LogP) is -3.59. The average molecular weight is 542 g/mol. The number of hydrogen-bond acceptors (Lipinski definition) is 6. The van der Waals surface area contributed by atoms with Gasteiger partial charge in [0.2, 0.25) is 0 Å². The second-order valence-electron chi connectivity index (χ2n) is 2.48. The van der Waals surface area contributed by atoms with E-state index in [2.05, 4.69) is 0 Å². The molecule has 0 aliphatic rings. The zero-order valence-electron chi connectivity index (χ0n) is 9.59. The number of hydrogen-bond donors (Lipinski definition) is 6. The Balaban J connectivity index is -0.0000000168. The van der Waals surface area contributed by atoms with Gasteiger partial charge < -0.3 is 30.6 Å². The van der Waals surface area contributed by atoms with Crippen molar-refractivity contribution in [1.82, 2.24) is 0 Å². The first-order valence-electron chi connectivity index (χ1n) is 3.48. The molecule has 0 aromatic rings. The molecule has 0 aromatic carbocycles. The van der Waals surface area contributed by atoms with Crippen LogP contribution in [0.15, 0.2) is 0 Å². The van der Waals surface area contributed by atoms with Crippen LogP contribution < -0.4 is 0 Å². The Morgan fingerprint density at radius 3 is 0.667 bits per heavy atom. The molecule has 0 fully saturated rings. The minimum Gasteiger partial charge on any atom is -0.394 e. The maximum atomic E-state index is 8.96. The molecule has 0 saturated heterocycles. The third-order valence-electron chi connectivity index (χ3n) is 1.51. The smallest absolute Gasteiger partial charge is 0.111 e. The van der Waals surface area contributed by atoms with Gasteiger partial charge in [-0.15, -0.1) is 0 Å². The fourth-order valence-electron chi connectivity index (χ4n) is 0.671. The number of aliphatic hydroxyl groups excluding tert-OH is 6. The molecule has 0 unspecified atom stereocenters. The second kappa shape index (κ2) is 44.7. The van der Waals surface area contributed by atoms with Gasteiger partial charge in [-0.3, -0.25) is 0 Å². The Kier molecular flexibility index (Phi) is 135. The minimum atomic E-state index is -1.67. The van der Waals surface area contributed by atoms with E-state index in [1.54, 1.807) is 0 Å². The topological polar surface area (TPSA) is 121 Å². The standard InChI is InChI=1S/C6H14O6.9Ar/c7-1-3(9)5(11)6(12)4(10)2-8;;;;;;;;;/h3-12H,1-2H2;;;;;;;;;/t3-,4-,5-,6-;;;;;;;;;/m1........./s1. The van der Waals surface area contributed by atoms with Gasteiger partial charge in [-0.05, 0) is 0 Å². The van der Waals surface area contributed by atoms with Crippen molar-refractivity contribution in [3.8, 4) is 0 Å². The summed E-state index contributed by atoms with van der Waals surface area (Å²) in [5, 5.41) is 52.2. The Hall–Kier alpha value is 11.1. The summed E-state index contributed by atoms with van der Waals surface area (Å²) in [6, 6.07) is 0. The van der Waals surface area contributed by atoms with Crippen molar-refractivity contribution >= 4 is 0 Å². The monoisotopic (exact) mass is 542 g/mol. The average Bonchev–Trinajstić information content (AvgIpc) is 2.12. The van der Waals surface area contributed by atoms with Gasteiger partial charge in [0.05, 0.1) is 13.2 Å². The van der Waals surface area contributed by atoms with Crippen LogP contribution in [0.5, 0.6) is 0 Å². The molecule has 0 amide bonds. The second-order valence-corrected chi connectivity index (χ2v) is 2.48. The van der Waals surface area contributed by atoms with E-state index < -0.39 is 37.6 Å². The first kappa shape index (κ1) is 63.6. The van der Waals surface area contributed by atoms with E-state index in [0.29, 0.717) is 0 Å². The molecule has 0 bridgehead atoms. The molecule has 6 N–H and O–H groups in total. The summed E-state index contributed by atoms with van der Waals surface area (Å²) in [4.78, 5) is 0. The van der Waals surface area contributed by atoms with Gasteiger partial charge in [0, 0.05) is 340 Å². The Morgan fingerprint density at radius 1 is 0.429 bits per heavy atom. The molecule has 0 aliphatic heterocycles. The van der Waals surface area contributed by atoms with Gasteiger partial charge in [0.15, 0.2) is 0 Å². The van der Waals surface area contributed by atoms with Crippen molar-refractivity contribution in [3.63, 3.8) is 0 Å². The molecule has 0 spiro atoms. The van der Waals surface area contributed by atoms with E-state index in [4.69, 9.17) is 30.6 Å². The third-order valence-corrected chi connectivity index (χ3v) is 1.51. The Morgan fingerprint density at radius 2 is 0.571 bits per heavy atom. The van der Waals surface area contributed by atoms with Gasteiger partial charge in [-0.2, -0.15) is 0 Å². The van der Waals surface area contributed by atoms with Crippen LogP contribution in [0.4, 0.5) is 0 Å². The SMILES string of the molecule is OC[C@@H](O)[C@@H](O)[C@H](O)[C@H](O)CO.[Ar].[Ar].[Ar].[Ar].[Ar].[Ar].[Ar].[Ar].[Ar]. The molecule has 0 aromatic heterocycles.